The molecule has 2 atom stereocenters. The summed E-state index contributed by atoms with van der Waals surface area (Å²) in [7, 11) is 1.51. The van der Waals surface area contributed by atoms with E-state index >= 15 is 0 Å². The molecular weight excluding hydrogens is 235 g/mol. The van der Waals surface area contributed by atoms with Crippen molar-refractivity contribution in [1.82, 2.24) is 5.32 Å². The first-order chi connectivity index (χ1) is 8.56. The molecule has 0 saturated carbocycles. The molecule has 0 radical (unpaired) electrons. The van der Waals surface area contributed by atoms with Crippen LogP contribution in [0.2, 0.25) is 0 Å². The van der Waals surface area contributed by atoms with E-state index in [-0.39, 0.29) is 36.8 Å². The number of halogens is 1. The smallest absolute Gasteiger partial charge is 0.223 e. The van der Waals surface area contributed by atoms with Crippen molar-refractivity contribution in [2.45, 2.75) is 25.5 Å². The van der Waals surface area contributed by atoms with Gasteiger partial charge in [-0.1, -0.05) is 12.1 Å². The van der Waals surface area contributed by atoms with Crippen LogP contribution in [0.15, 0.2) is 24.3 Å². The van der Waals surface area contributed by atoms with Gasteiger partial charge < -0.3 is 15.8 Å². The van der Waals surface area contributed by atoms with Gasteiger partial charge in [0.05, 0.1) is 18.6 Å². The molecule has 0 spiro atoms. The first-order valence-electron chi connectivity index (χ1n) is 5.84. The van der Waals surface area contributed by atoms with Gasteiger partial charge in [-0.2, -0.15) is 0 Å². The Morgan fingerprint density at radius 3 is 2.83 bits per heavy atom. The molecule has 0 saturated heterocycles. The number of rotatable bonds is 6. The molecule has 0 aliphatic rings. The highest BCUT2D eigenvalue weighted by Gasteiger charge is 2.14. The van der Waals surface area contributed by atoms with E-state index in [4.69, 9.17) is 10.5 Å². The van der Waals surface area contributed by atoms with Crippen LogP contribution in [0.4, 0.5) is 4.39 Å². The largest absolute Gasteiger partial charge is 0.380 e. The number of ether oxygens (including phenoxy) is 1. The molecule has 0 aromatic heterocycles. The van der Waals surface area contributed by atoms with E-state index in [9.17, 15) is 9.18 Å². The Bertz CT molecular complexity index is 394. The van der Waals surface area contributed by atoms with Crippen molar-refractivity contribution in [3.63, 3.8) is 0 Å². The molecule has 0 aliphatic carbocycles. The van der Waals surface area contributed by atoms with Gasteiger partial charge in [-0.15, -0.1) is 0 Å². The average Bonchev–Trinajstić information content (AvgIpc) is 2.35. The van der Waals surface area contributed by atoms with Crippen LogP contribution in [0, 0.1) is 5.82 Å². The highest BCUT2D eigenvalue weighted by atomic mass is 19.1. The van der Waals surface area contributed by atoms with Crippen molar-refractivity contribution in [1.29, 1.82) is 0 Å². The molecule has 1 rings (SSSR count). The summed E-state index contributed by atoms with van der Waals surface area (Å²) in [6.07, 6.45) is -0.0863. The third-order valence-electron chi connectivity index (χ3n) is 2.74. The molecule has 18 heavy (non-hydrogen) atoms. The van der Waals surface area contributed by atoms with Gasteiger partial charge in [0.1, 0.15) is 5.82 Å². The lowest BCUT2D eigenvalue weighted by molar-refractivity contribution is -0.124. The zero-order chi connectivity index (χ0) is 13.5. The second-order valence-electron chi connectivity index (χ2n) is 4.14. The lowest BCUT2D eigenvalue weighted by Crippen LogP contribution is -2.33. The van der Waals surface area contributed by atoms with E-state index in [0.717, 1.165) is 5.56 Å². The highest BCUT2D eigenvalue weighted by molar-refractivity contribution is 5.76. The Morgan fingerprint density at radius 1 is 1.56 bits per heavy atom. The molecular formula is C13H19FN2O2. The Labute approximate surface area is 106 Å². The lowest BCUT2D eigenvalue weighted by Gasteiger charge is -2.17. The number of carbonyl (C=O) groups is 1. The third-order valence-corrected chi connectivity index (χ3v) is 2.74. The summed E-state index contributed by atoms with van der Waals surface area (Å²) in [5.74, 6) is -0.477. The van der Waals surface area contributed by atoms with Crippen LogP contribution in [0.1, 0.15) is 24.9 Å². The van der Waals surface area contributed by atoms with Crippen LogP contribution in [0.5, 0.6) is 0 Å². The fourth-order valence-electron chi connectivity index (χ4n) is 1.63. The second kappa shape index (κ2) is 7.08. The minimum absolute atomic E-state index is 0.163. The maximum absolute atomic E-state index is 13.0. The Morgan fingerprint density at radius 2 is 2.28 bits per heavy atom. The van der Waals surface area contributed by atoms with Crippen LogP contribution < -0.4 is 11.1 Å². The Kier molecular flexibility index (Phi) is 5.74. The SMILES string of the molecule is COC(CN)CC(=O)NC(C)c1cccc(F)c1. The van der Waals surface area contributed by atoms with Crippen molar-refractivity contribution in [2.24, 2.45) is 5.73 Å². The summed E-state index contributed by atoms with van der Waals surface area (Å²) in [6.45, 7) is 2.09. The minimum atomic E-state index is -0.315. The van der Waals surface area contributed by atoms with Gasteiger partial charge in [-0.25, -0.2) is 4.39 Å². The van der Waals surface area contributed by atoms with Crippen molar-refractivity contribution in [2.75, 3.05) is 13.7 Å². The van der Waals surface area contributed by atoms with Crippen molar-refractivity contribution >= 4 is 5.91 Å². The van der Waals surface area contributed by atoms with E-state index in [2.05, 4.69) is 5.32 Å². The summed E-state index contributed by atoms with van der Waals surface area (Å²) in [5, 5.41) is 2.78. The van der Waals surface area contributed by atoms with Crippen LogP contribution >= 0.6 is 0 Å². The zero-order valence-electron chi connectivity index (χ0n) is 10.7. The molecule has 5 heteroatoms. The fourth-order valence-corrected chi connectivity index (χ4v) is 1.63. The summed E-state index contributed by atoms with van der Waals surface area (Å²) in [4.78, 5) is 11.7. The lowest BCUT2D eigenvalue weighted by atomic mass is 10.1. The maximum atomic E-state index is 13.0. The van der Waals surface area contributed by atoms with Crippen molar-refractivity contribution in [3.05, 3.63) is 35.6 Å². The number of benzene rings is 1. The number of hydrogen-bond acceptors (Lipinski definition) is 3. The Hall–Kier alpha value is -1.46. The highest BCUT2D eigenvalue weighted by Crippen LogP contribution is 2.13. The van der Waals surface area contributed by atoms with Gasteiger partial charge in [0.25, 0.3) is 0 Å². The number of carbonyl (C=O) groups excluding carboxylic acids is 1. The normalized spacial score (nSPS) is 14.0. The number of hydrogen-bond donors (Lipinski definition) is 2. The summed E-state index contributed by atoms with van der Waals surface area (Å²) in [6, 6.07) is 5.91. The predicted molar refractivity (Wildman–Crippen MR) is 67.4 cm³/mol. The number of methoxy groups -OCH3 is 1. The standard InChI is InChI=1S/C13H19FN2O2/c1-9(10-4-3-5-11(14)6-10)16-13(17)7-12(8-15)18-2/h3-6,9,12H,7-8,15H2,1-2H3,(H,16,17). The minimum Gasteiger partial charge on any atom is -0.380 e. The van der Waals surface area contributed by atoms with Gasteiger partial charge in [-0.3, -0.25) is 4.79 Å². The van der Waals surface area contributed by atoms with Crippen LogP contribution in [0.25, 0.3) is 0 Å². The zero-order valence-corrected chi connectivity index (χ0v) is 10.7. The molecule has 2 unspecified atom stereocenters. The van der Waals surface area contributed by atoms with Crippen LogP contribution in [0.3, 0.4) is 0 Å². The van der Waals surface area contributed by atoms with Crippen molar-refractivity contribution in [3.8, 4) is 0 Å². The van der Waals surface area contributed by atoms with Gasteiger partial charge in [-0.05, 0) is 24.6 Å². The first kappa shape index (κ1) is 14.6. The molecule has 100 valence electrons. The topological polar surface area (TPSA) is 64.3 Å². The number of nitrogens with two attached hydrogens (primary N) is 1. The Balaban J connectivity index is 2.54. The average molecular weight is 254 g/mol. The van der Waals surface area contributed by atoms with Gasteiger partial charge in [0.15, 0.2) is 0 Å². The van der Waals surface area contributed by atoms with Gasteiger partial charge in [0.2, 0.25) is 5.91 Å². The van der Waals surface area contributed by atoms with E-state index in [1.54, 1.807) is 19.1 Å². The van der Waals surface area contributed by atoms with Gasteiger partial charge >= 0.3 is 0 Å². The van der Waals surface area contributed by atoms with Gasteiger partial charge in [0, 0.05) is 13.7 Å². The molecule has 0 heterocycles. The first-order valence-corrected chi connectivity index (χ1v) is 5.84. The number of nitrogens with one attached hydrogen (secondary N) is 1. The van der Waals surface area contributed by atoms with E-state index in [0.29, 0.717) is 0 Å². The van der Waals surface area contributed by atoms with Crippen molar-refractivity contribution < 1.29 is 13.9 Å². The molecule has 0 fully saturated rings. The van der Waals surface area contributed by atoms with E-state index < -0.39 is 0 Å². The molecule has 0 bridgehead atoms. The summed E-state index contributed by atoms with van der Waals surface area (Å²) in [5.41, 5.74) is 6.17. The van der Waals surface area contributed by atoms with Crippen LogP contribution in [-0.4, -0.2) is 25.7 Å². The molecule has 3 N–H and O–H groups in total. The maximum Gasteiger partial charge on any atom is 0.223 e. The second-order valence-corrected chi connectivity index (χ2v) is 4.14. The molecule has 4 nitrogen and oxygen atoms in total. The number of amides is 1. The summed E-state index contributed by atoms with van der Waals surface area (Å²) < 4.78 is 18.1. The monoisotopic (exact) mass is 254 g/mol. The quantitative estimate of drug-likeness (QED) is 0.805. The van der Waals surface area contributed by atoms with E-state index in [1.807, 2.05) is 0 Å². The third kappa shape index (κ3) is 4.43. The molecule has 1 aromatic carbocycles. The molecule has 1 aromatic rings. The fraction of sp³-hybridized carbons (Fsp3) is 0.462. The summed E-state index contributed by atoms with van der Waals surface area (Å²) >= 11 is 0. The van der Waals surface area contributed by atoms with E-state index in [1.165, 1.54) is 19.2 Å². The molecule has 0 aliphatic heterocycles. The van der Waals surface area contributed by atoms with Crippen LogP contribution in [-0.2, 0) is 9.53 Å². The predicted octanol–water partition coefficient (Wildman–Crippen LogP) is 1.37. The molecule has 1 amide bonds.